The number of nitrogens with zero attached hydrogens (tertiary/aromatic N) is 3. The van der Waals surface area contributed by atoms with Gasteiger partial charge in [0, 0.05) is 36.8 Å². The minimum atomic E-state index is -0.494. The average molecular weight is 325 g/mol. The Labute approximate surface area is 118 Å². The molecule has 2 saturated heterocycles. The van der Waals surface area contributed by atoms with Crippen molar-refractivity contribution in [1.82, 2.24) is 15.2 Å². The van der Waals surface area contributed by atoms with Gasteiger partial charge in [-0.1, -0.05) is 0 Å². The summed E-state index contributed by atoms with van der Waals surface area (Å²) in [7, 11) is 0. The fourth-order valence-electron chi connectivity index (χ4n) is 2.48. The van der Waals surface area contributed by atoms with Crippen LogP contribution in [0.2, 0.25) is 0 Å². The number of halogens is 1. The summed E-state index contributed by atoms with van der Waals surface area (Å²) in [6, 6.07) is 3.93. The summed E-state index contributed by atoms with van der Waals surface area (Å²) >= 11 is 3.36. The molecule has 0 aliphatic carbocycles. The first-order valence-electron chi connectivity index (χ1n) is 6.10. The first kappa shape index (κ1) is 12.4. The molecule has 3 heterocycles. The Morgan fingerprint density at radius 2 is 2.16 bits per heavy atom. The van der Waals surface area contributed by atoms with Crippen molar-refractivity contribution in [3.05, 3.63) is 22.8 Å². The standard InChI is InChI=1S/C12H13BrN4O2/c13-8-1-2-10(14-5-8)16-3-4-17-9(7-16)6-15-11(18)12(17)19/h1-2,5,9H,3-4,6-7H2,(H,15,18). The molecule has 2 aliphatic heterocycles. The fourth-order valence-corrected chi connectivity index (χ4v) is 2.71. The van der Waals surface area contributed by atoms with Crippen LogP contribution in [0.5, 0.6) is 0 Å². The molecule has 0 aromatic carbocycles. The van der Waals surface area contributed by atoms with Crippen LogP contribution in [-0.2, 0) is 9.59 Å². The summed E-state index contributed by atoms with van der Waals surface area (Å²) in [6.45, 7) is 2.47. The molecule has 3 rings (SSSR count). The zero-order valence-corrected chi connectivity index (χ0v) is 11.8. The predicted octanol–water partition coefficient (Wildman–Crippen LogP) is -0.00890. The van der Waals surface area contributed by atoms with E-state index in [1.165, 1.54) is 0 Å². The highest BCUT2D eigenvalue weighted by atomic mass is 79.9. The lowest BCUT2D eigenvalue weighted by Gasteiger charge is -2.43. The summed E-state index contributed by atoms with van der Waals surface area (Å²) in [5.74, 6) is -0.0154. The quantitative estimate of drug-likeness (QED) is 0.738. The number of pyridine rings is 1. The maximum absolute atomic E-state index is 11.7. The first-order chi connectivity index (χ1) is 9.15. The summed E-state index contributed by atoms with van der Waals surface area (Å²) < 4.78 is 0.940. The molecule has 6 nitrogen and oxygen atoms in total. The monoisotopic (exact) mass is 324 g/mol. The molecule has 1 N–H and O–H groups in total. The number of carbonyl (C=O) groups is 2. The van der Waals surface area contributed by atoms with Crippen molar-refractivity contribution in [1.29, 1.82) is 0 Å². The normalized spacial score (nSPS) is 23.1. The van der Waals surface area contributed by atoms with Crippen molar-refractivity contribution in [2.24, 2.45) is 0 Å². The van der Waals surface area contributed by atoms with Crippen molar-refractivity contribution >= 4 is 33.6 Å². The van der Waals surface area contributed by atoms with Crippen molar-refractivity contribution in [2.75, 3.05) is 31.1 Å². The van der Waals surface area contributed by atoms with Gasteiger partial charge in [-0.05, 0) is 28.1 Å². The molecular weight excluding hydrogens is 312 g/mol. The van der Waals surface area contributed by atoms with Gasteiger partial charge < -0.3 is 15.1 Å². The molecule has 2 amide bonds. The highest BCUT2D eigenvalue weighted by Gasteiger charge is 2.37. The van der Waals surface area contributed by atoms with Crippen molar-refractivity contribution in [3.63, 3.8) is 0 Å². The number of aromatic nitrogens is 1. The van der Waals surface area contributed by atoms with Crippen LogP contribution in [0.4, 0.5) is 5.82 Å². The molecule has 7 heteroatoms. The van der Waals surface area contributed by atoms with E-state index < -0.39 is 11.8 Å². The van der Waals surface area contributed by atoms with E-state index in [0.29, 0.717) is 26.2 Å². The minimum Gasteiger partial charge on any atom is -0.353 e. The van der Waals surface area contributed by atoms with Gasteiger partial charge in [0.05, 0.1) is 6.04 Å². The van der Waals surface area contributed by atoms with Gasteiger partial charge in [-0.15, -0.1) is 0 Å². The van der Waals surface area contributed by atoms with E-state index in [9.17, 15) is 9.59 Å². The smallest absolute Gasteiger partial charge is 0.312 e. The largest absolute Gasteiger partial charge is 0.353 e. The number of fused-ring (bicyclic) bond motifs is 1. The van der Waals surface area contributed by atoms with Crippen molar-refractivity contribution < 1.29 is 9.59 Å². The van der Waals surface area contributed by atoms with E-state index in [-0.39, 0.29) is 6.04 Å². The van der Waals surface area contributed by atoms with Gasteiger partial charge >= 0.3 is 11.8 Å². The topological polar surface area (TPSA) is 65.5 Å². The Bertz CT molecular complexity index is 519. The number of rotatable bonds is 1. The van der Waals surface area contributed by atoms with E-state index in [4.69, 9.17) is 0 Å². The fraction of sp³-hybridized carbons (Fsp3) is 0.417. The lowest BCUT2D eigenvalue weighted by molar-refractivity contribution is -0.150. The van der Waals surface area contributed by atoms with Crippen LogP contribution >= 0.6 is 15.9 Å². The van der Waals surface area contributed by atoms with Crippen LogP contribution in [0.15, 0.2) is 22.8 Å². The Kier molecular flexibility index (Phi) is 3.14. The van der Waals surface area contributed by atoms with Gasteiger partial charge in [0.15, 0.2) is 0 Å². The molecule has 1 unspecified atom stereocenters. The first-order valence-corrected chi connectivity index (χ1v) is 6.90. The van der Waals surface area contributed by atoms with Crippen LogP contribution in [0.1, 0.15) is 0 Å². The van der Waals surface area contributed by atoms with Gasteiger partial charge in [0.25, 0.3) is 0 Å². The van der Waals surface area contributed by atoms with Gasteiger partial charge in [-0.25, -0.2) is 4.98 Å². The summed E-state index contributed by atoms with van der Waals surface area (Å²) in [6.07, 6.45) is 1.76. The Hall–Kier alpha value is -1.63. The highest BCUT2D eigenvalue weighted by molar-refractivity contribution is 9.10. The molecule has 0 spiro atoms. The number of hydrogen-bond acceptors (Lipinski definition) is 4. The van der Waals surface area contributed by atoms with E-state index in [2.05, 4.69) is 31.1 Å². The maximum Gasteiger partial charge on any atom is 0.312 e. The summed E-state index contributed by atoms with van der Waals surface area (Å²) in [5, 5.41) is 2.63. The summed E-state index contributed by atoms with van der Waals surface area (Å²) in [4.78, 5) is 31.2. The van der Waals surface area contributed by atoms with Crippen LogP contribution in [0.25, 0.3) is 0 Å². The number of amides is 2. The van der Waals surface area contributed by atoms with Crippen LogP contribution < -0.4 is 10.2 Å². The molecule has 1 atom stereocenters. The maximum atomic E-state index is 11.7. The second-order valence-electron chi connectivity index (χ2n) is 4.64. The molecule has 0 radical (unpaired) electrons. The number of carbonyl (C=O) groups excluding carboxylic acids is 2. The lowest BCUT2D eigenvalue weighted by Crippen LogP contribution is -2.65. The third-order valence-corrected chi connectivity index (χ3v) is 3.94. The van der Waals surface area contributed by atoms with Gasteiger partial charge in [0.1, 0.15) is 5.82 Å². The molecule has 0 bridgehead atoms. The molecular formula is C12H13BrN4O2. The van der Waals surface area contributed by atoms with E-state index in [0.717, 1.165) is 10.3 Å². The molecule has 1 aromatic rings. The second-order valence-corrected chi connectivity index (χ2v) is 5.56. The van der Waals surface area contributed by atoms with Crippen LogP contribution in [-0.4, -0.2) is 53.9 Å². The Morgan fingerprint density at radius 1 is 1.32 bits per heavy atom. The van der Waals surface area contributed by atoms with Crippen molar-refractivity contribution in [3.8, 4) is 0 Å². The third-order valence-electron chi connectivity index (χ3n) is 3.47. The Balaban J connectivity index is 1.74. The zero-order valence-electron chi connectivity index (χ0n) is 10.2. The molecule has 2 aliphatic rings. The zero-order chi connectivity index (χ0) is 13.4. The van der Waals surface area contributed by atoms with Crippen LogP contribution in [0, 0.1) is 0 Å². The number of anilines is 1. The van der Waals surface area contributed by atoms with Gasteiger partial charge in [0.2, 0.25) is 0 Å². The minimum absolute atomic E-state index is 0.0318. The molecule has 19 heavy (non-hydrogen) atoms. The highest BCUT2D eigenvalue weighted by Crippen LogP contribution is 2.20. The molecule has 0 saturated carbocycles. The lowest BCUT2D eigenvalue weighted by atomic mass is 10.1. The number of hydrogen-bond donors (Lipinski definition) is 1. The van der Waals surface area contributed by atoms with Gasteiger partial charge in [-0.2, -0.15) is 0 Å². The van der Waals surface area contributed by atoms with Gasteiger partial charge in [-0.3, -0.25) is 9.59 Å². The average Bonchev–Trinajstić information content (AvgIpc) is 2.43. The SMILES string of the molecule is O=C1NCC2CN(c3ccc(Br)cn3)CCN2C1=O. The molecule has 1 aromatic heterocycles. The third kappa shape index (κ3) is 2.30. The number of nitrogens with one attached hydrogen (secondary N) is 1. The van der Waals surface area contributed by atoms with E-state index in [1.54, 1.807) is 11.1 Å². The van der Waals surface area contributed by atoms with Crippen molar-refractivity contribution in [2.45, 2.75) is 6.04 Å². The molecule has 2 fully saturated rings. The summed E-state index contributed by atoms with van der Waals surface area (Å²) in [5.41, 5.74) is 0. The number of piperazine rings is 2. The molecule has 100 valence electrons. The Morgan fingerprint density at radius 3 is 2.89 bits per heavy atom. The van der Waals surface area contributed by atoms with E-state index in [1.807, 2.05) is 12.1 Å². The van der Waals surface area contributed by atoms with E-state index >= 15 is 0 Å². The van der Waals surface area contributed by atoms with Crippen LogP contribution in [0.3, 0.4) is 0 Å². The predicted molar refractivity (Wildman–Crippen MR) is 72.7 cm³/mol. The second kappa shape index (κ2) is 4.80.